The molecule has 0 aliphatic carbocycles. The maximum absolute atomic E-state index is 14.3. The molecule has 47 heavy (non-hydrogen) atoms. The van der Waals surface area contributed by atoms with Gasteiger partial charge in [-0.05, 0) is 92.2 Å². The lowest BCUT2D eigenvalue weighted by molar-refractivity contribution is -0.132. The average Bonchev–Trinajstić information content (AvgIpc) is 3.36. The van der Waals surface area contributed by atoms with E-state index < -0.39 is 22.0 Å². The maximum atomic E-state index is 14.3. The first-order valence-electron chi connectivity index (χ1n) is 16.3. The van der Waals surface area contributed by atoms with Crippen molar-refractivity contribution >= 4 is 27.5 Å². The number of anilines is 1. The smallest absolute Gasteiger partial charge is 0.267 e. The van der Waals surface area contributed by atoms with Crippen LogP contribution in [0.5, 0.6) is 5.75 Å². The third kappa shape index (κ3) is 10.6. The van der Waals surface area contributed by atoms with Gasteiger partial charge in [-0.15, -0.1) is 0 Å². The second-order valence-electron chi connectivity index (χ2n) is 13.0. The number of nitrogens with zero attached hydrogens (tertiary/aromatic N) is 4. The number of sulfonamides is 1. The second-order valence-corrected chi connectivity index (χ2v) is 14.6. The molecule has 1 aromatic carbocycles. The predicted octanol–water partition coefficient (Wildman–Crippen LogP) is 3.69. The van der Waals surface area contributed by atoms with Gasteiger partial charge >= 0.3 is 0 Å². The van der Waals surface area contributed by atoms with Crippen LogP contribution in [0.25, 0.3) is 0 Å². The highest BCUT2D eigenvalue weighted by Crippen LogP contribution is 2.30. The Morgan fingerprint density at radius 1 is 1.19 bits per heavy atom. The molecule has 0 saturated carbocycles. The van der Waals surface area contributed by atoms with Crippen LogP contribution in [-0.2, 0) is 19.6 Å². The lowest BCUT2D eigenvalue weighted by atomic mass is 10.0. The third-order valence-electron chi connectivity index (χ3n) is 8.42. The fraction of sp³-hybridized carbons (Fsp3) is 0.667. The summed E-state index contributed by atoms with van der Waals surface area (Å²) in [5.74, 6) is -0.139. The van der Waals surface area contributed by atoms with E-state index in [4.69, 9.17) is 14.0 Å². The lowest BCUT2D eigenvalue weighted by Crippen LogP contribution is -2.48. The molecule has 2 heterocycles. The molecule has 0 unspecified atom stereocenters. The average molecular weight is 680 g/mol. The fourth-order valence-electron chi connectivity index (χ4n) is 5.62. The van der Waals surface area contributed by atoms with Gasteiger partial charge in [0.2, 0.25) is 5.91 Å². The summed E-state index contributed by atoms with van der Waals surface area (Å²) in [4.78, 5) is 32.5. The van der Waals surface area contributed by atoms with Gasteiger partial charge in [-0.1, -0.05) is 12.1 Å². The zero-order chi connectivity index (χ0) is 34.9. The zero-order valence-electron chi connectivity index (χ0n) is 29.1. The Morgan fingerprint density at radius 3 is 2.55 bits per heavy atom. The number of hydrogen-bond acceptors (Lipinski definition) is 10. The number of fused-ring (bicyclic) bond motifs is 1. The van der Waals surface area contributed by atoms with Crippen molar-refractivity contribution in [3.63, 3.8) is 0 Å². The largest absolute Gasteiger partial charge is 0.490 e. The Bertz CT molecular complexity index is 1430. The molecule has 4 atom stereocenters. The molecule has 2 aromatic rings. The number of aliphatic hydroxyl groups is 1. The number of aryl methyl sites for hydroxylation is 2. The molecule has 0 spiro atoms. The van der Waals surface area contributed by atoms with Crippen molar-refractivity contribution in [2.75, 3.05) is 58.7 Å². The highest BCUT2D eigenvalue weighted by atomic mass is 32.2. The highest BCUT2D eigenvalue weighted by molar-refractivity contribution is 7.92. The van der Waals surface area contributed by atoms with Crippen LogP contribution in [0.15, 0.2) is 27.6 Å². The van der Waals surface area contributed by atoms with Crippen molar-refractivity contribution in [2.24, 2.45) is 5.92 Å². The van der Waals surface area contributed by atoms with E-state index in [1.165, 1.54) is 13.0 Å². The number of benzene rings is 1. The van der Waals surface area contributed by atoms with Crippen LogP contribution >= 0.6 is 0 Å². The first kappa shape index (κ1) is 38.2. The number of nitrogens with one attached hydrogen (secondary N) is 1. The fourth-order valence-corrected chi connectivity index (χ4v) is 7.00. The molecule has 13 nitrogen and oxygen atoms in total. The van der Waals surface area contributed by atoms with Crippen molar-refractivity contribution in [3.8, 4) is 5.75 Å². The van der Waals surface area contributed by atoms with Gasteiger partial charge in [0.25, 0.3) is 15.9 Å². The predicted molar refractivity (Wildman–Crippen MR) is 179 cm³/mol. The van der Waals surface area contributed by atoms with Crippen LogP contribution < -0.4 is 9.46 Å². The summed E-state index contributed by atoms with van der Waals surface area (Å²) < 4.78 is 46.8. The molecular formula is C33H53N5O8S. The van der Waals surface area contributed by atoms with Crippen LogP contribution in [0.1, 0.15) is 74.7 Å². The minimum atomic E-state index is -4.08. The number of ether oxygens (including phenoxy) is 2. The summed E-state index contributed by atoms with van der Waals surface area (Å²) in [6, 6.07) is 4.03. The summed E-state index contributed by atoms with van der Waals surface area (Å²) in [6.07, 6.45) is 2.92. The van der Waals surface area contributed by atoms with Gasteiger partial charge in [-0.25, -0.2) is 8.42 Å². The molecule has 0 saturated heterocycles. The summed E-state index contributed by atoms with van der Waals surface area (Å²) in [6.45, 7) is 10.3. The Labute approximate surface area is 279 Å². The van der Waals surface area contributed by atoms with E-state index in [1.807, 2.05) is 32.8 Å². The van der Waals surface area contributed by atoms with Crippen molar-refractivity contribution in [2.45, 2.75) is 89.9 Å². The van der Waals surface area contributed by atoms with Gasteiger partial charge in [-0.2, -0.15) is 0 Å². The molecule has 3 rings (SSSR count). The summed E-state index contributed by atoms with van der Waals surface area (Å²) in [5, 5.41) is 14.0. The summed E-state index contributed by atoms with van der Waals surface area (Å²) >= 11 is 0. The lowest BCUT2D eigenvalue weighted by Gasteiger charge is -2.36. The quantitative estimate of drug-likeness (QED) is 0.359. The van der Waals surface area contributed by atoms with Crippen LogP contribution in [0.4, 0.5) is 5.69 Å². The number of carbonyl (C=O) groups excluding carboxylic acids is 2. The molecule has 0 bridgehead atoms. The first-order chi connectivity index (χ1) is 22.1. The molecule has 14 heteroatoms. The van der Waals surface area contributed by atoms with Gasteiger partial charge in [-0.3, -0.25) is 14.3 Å². The number of rotatable bonds is 11. The Balaban J connectivity index is 1.95. The van der Waals surface area contributed by atoms with Crippen molar-refractivity contribution in [3.05, 3.63) is 35.2 Å². The van der Waals surface area contributed by atoms with E-state index in [2.05, 4.69) is 9.88 Å². The number of amides is 2. The van der Waals surface area contributed by atoms with E-state index in [9.17, 15) is 23.1 Å². The SMILES string of the molecule is Cc1noc(C)c1S(=O)(=O)Nc1ccc2c(c1)C(=O)N([C@H](C)CO)C[C@H](C)[C@@H](CN(C)C(=O)CCCN(C)C)OCCCC[C@@H](C)O2. The minimum absolute atomic E-state index is 0.0326. The number of likely N-dealkylation sites (N-methyl/N-ethyl adjacent to an activating group) is 1. The van der Waals surface area contributed by atoms with E-state index in [1.54, 1.807) is 42.8 Å². The molecule has 1 aliphatic rings. The summed E-state index contributed by atoms with van der Waals surface area (Å²) in [5.41, 5.74) is 0.539. The Morgan fingerprint density at radius 2 is 1.91 bits per heavy atom. The monoisotopic (exact) mass is 679 g/mol. The van der Waals surface area contributed by atoms with E-state index >= 15 is 0 Å². The Kier molecular flexibility index (Phi) is 14.1. The van der Waals surface area contributed by atoms with E-state index in [0.717, 1.165) is 25.8 Å². The van der Waals surface area contributed by atoms with Crippen LogP contribution in [0, 0.1) is 19.8 Å². The van der Waals surface area contributed by atoms with Crippen LogP contribution in [0.3, 0.4) is 0 Å². The van der Waals surface area contributed by atoms with Crippen molar-refractivity contribution in [1.29, 1.82) is 0 Å². The zero-order valence-corrected chi connectivity index (χ0v) is 29.9. The molecule has 1 aromatic heterocycles. The topological polar surface area (TPSA) is 155 Å². The first-order valence-corrected chi connectivity index (χ1v) is 17.8. The molecular weight excluding hydrogens is 626 g/mol. The van der Waals surface area contributed by atoms with Gasteiger partial charge < -0.3 is 33.8 Å². The second kappa shape index (κ2) is 17.3. The third-order valence-corrected chi connectivity index (χ3v) is 10.0. The number of aliphatic hydroxyl groups excluding tert-OH is 1. The summed E-state index contributed by atoms with van der Waals surface area (Å²) in [7, 11) is 1.65. The number of carbonyl (C=O) groups is 2. The molecule has 1 aliphatic heterocycles. The number of aromatic nitrogens is 1. The molecule has 0 radical (unpaired) electrons. The van der Waals surface area contributed by atoms with Crippen LogP contribution in [-0.4, -0.2) is 117 Å². The maximum Gasteiger partial charge on any atom is 0.267 e. The highest BCUT2D eigenvalue weighted by Gasteiger charge is 2.32. The van der Waals surface area contributed by atoms with Crippen LogP contribution in [0.2, 0.25) is 0 Å². The molecule has 264 valence electrons. The number of hydrogen-bond donors (Lipinski definition) is 2. The van der Waals surface area contributed by atoms with Crippen molar-refractivity contribution < 1.29 is 37.1 Å². The minimum Gasteiger partial charge on any atom is -0.490 e. The molecule has 2 amide bonds. The molecule has 2 N–H and O–H groups in total. The van der Waals surface area contributed by atoms with Gasteiger partial charge in [0, 0.05) is 44.8 Å². The Hall–Kier alpha value is -3.20. The molecule has 0 fully saturated rings. The van der Waals surface area contributed by atoms with E-state index in [-0.39, 0.29) is 64.8 Å². The normalized spacial score (nSPS) is 20.7. The van der Waals surface area contributed by atoms with Gasteiger partial charge in [0.1, 0.15) is 11.4 Å². The standard InChI is InChI=1S/C33H53N5O8S/c1-22-19-38(23(2)21-39)33(41)28-18-27(35-47(42,43)32-25(4)34-46-26(32)5)14-15-29(28)45-24(3)12-9-10-17-44-30(22)20-37(8)31(40)13-11-16-36(6)7/h14-15,18,22-24,30,35,39H,9-13,16-17,19-21H2,1-8H3/t22-,23+,24+,30+/m0/s1. The van der Waals surface area contributed by atoms with Gasteiger partial charge in [0.05, 0.1) is 30.4 Å². The van der Waals surface area contributed by atoms with E-state index in [0.29, 0.717) is 31.7 Å². The van der Waals surface area contributed by atoms with Crippen molar-refractivity contribution in [1.82, 2.24) is 19.9 Å². The van der Waals surface area contributed by atoms with Gasteiger partial charge in [0.15, 0.2) is 10.7 Å².